The van der Waals surface area contributed by atoms with Gasteiger partial charge < -0.3 is 19.9 Å². The number of nitrogens with zero attached hydrogens (tertiary/aromatic N) is 1. The highest BCUT2D eigenvalue weighted by Gasteiger charge is 2.22. The number of aromatic nitrogens is 1. The van der Waals surface area contributed by atoms with Gasteiger partial charge in [-0.1, -0.05) is 23.2 Å². The van der Waals surface area contributed by atoms with Crippen molar-refractivity contribution in [1.82, 2.24) is 15.2 Å². The van der Waals surface area contributed by atoms with Crippen LogP contribution in [-0.2, 0) is 9.84 Å². The van der Waals surface area contributed by atoms with Crippen molar-refractivity contribution in [3.8, 4) is 5.75 Å². The van der Waals surface area contributed by atoms with Gasteiger partial charge in [0.05, 0.1) is 15.5 Å². The van der Waals surface area contributed by atoms with Crippen LogP contribution in [0.15, 0.2) is 46.2 Å². The van der Waals surface area contributed by atoms with Crippen LogP contribution in [0.25, 0.3) is 10.8 Å². The fourth-order valence-corrected chi connectivity index (χ4v) is 5.48. The molecule has 0 saturated carbocycles. The molecule has 198 valence electrons. The third-order valence-electron chi connectivity index (χ3n) is 6.60. The van der Waals surface area contributed by atoms with E-state index in [9.17, 15) is 18.0 Å². The van der Waals surface area contributed by atoms with E-state index >= 15 is 0 Å². The summed E-state index contributed by atoms with van der Waals surface area (Å²) < 4.78 is 30.0. The number of piperidine rings is 1. The van der Waals surface area contributed by atoms with Crippen molar-refractivity contribution >= 4 is 49.7 Å². The number of likely N-dealkylation sites (tertiary alicyclic amines) is 1. The van der Waals surface area contributed by atoms with Crippen LogP contribution in [0.4, 0.5) is 0 Å². The highest BCUT2D eigenvalue weighted by atomic mass is 35.5. The Bertz CT molecular complexity index is 1480. The van der Waals surface area contributed by atoms with E-state index in [1.54, 1.807) is 12.1 Å². The Labute approximate surface area is 225 Å². The maximum Gasteiger partial charge on any atom is 0.255 e. The third-order valence-corrected chi connectivity index (χ3v) is 8.59. The number of H-pyrrole nitrogens is 1. The molecule has 11 heteroatoms. The number of carbonyl (C=O) groups excluding carboxylic acids is 1. The van der Waals surface area contributed by atoms with Gasteiger partial charge in [-0.3, -0.25) is 9.59 Å². The molecule has 8 nitrogen and oxygen atoms in total. The first kappa shape index (κ1) is 27.4. The molecule has 2 aromatic carbocycles. The maximum atomic E-state index is 12.8. The van der Waals surface area contributed by atoms with E-state index in [1.807, 2.05) is 6.92 Å². The number of halogens is 2. The second-order valence-corrected chi connectivity index (χ2v) is 12.1. The van der Waals surface area contributed by atoms with E-state index in [2.05, 4.69) is 15.2 Å². The molecular formula is C26H29Cl2N3O5S. The van der Waals surface area contributed by atoms with E-state index in [4.69, 9.17) is 27.9 Å². The van der Waals surface area contributed by atoms with Crippen molar-refractivity contribution in [1.29, 1.82) is 0 Å². The van der Waals surface area contributed by atoms with Crippen LogP contribution in [0.3, 0.4) is 0 Å². The van der Waals surface area contributed by atoms with Gasteiger partial charge >= 0.3 is 0 Å². The number of amides is 1. The number of rotatable bonds is 8. The predicted octanol–water partition coefficient (Wildman–Crippen LogP) is 4.21. The summed E-state index contributed by atoms with van der Waals surface area (Å²) in [5, 5.41) is 4.62. The molecule has 37 heavy (non-hydrogen) atoms. The standard InChI is InChI=1S/C26H29Cl2N3O5S/c1-16-22(27)6-7-23(24(16)28)36-17-8-12-31(13-9-17)11-3-10-29-26(33)21-15-30-25(32)19-5-4-18(14-20(19)21)37(2,34)35/h4-7,14-15,17H,3,8-13H2,1-2H3,(H,29,33)(H,30,32). The predicted molar refractivity (Wildman–Crippen MR) is 146 cm³/mol. The largest absolute Gasteiger partial charge is 0.489 e. The molecule has 1 aliphatic rings. The van der Waals surface area contributed by atoms with Crippen molar-refractivity contribution in [2.24, 2.45) is 0 Å². The molecule has 0 unspecified atom stereocenters. The lowest BCUT2D eigenvalue weighted by Gasteiger charge is -2.32. The van der Waals surface area contributed by atoms with Gasteiger partial charge in [-0.25, -0.2) is 8.42 Å². The summed E-state index contributed by atoms with van der Waals surface area (Å²) in [4.78, 5) is 29.9. The summed E-state index contributed by atoms with van der Waals surface area (Å²) in [5.41, 5.74) is 0.660. The molecule has 1 aliphatic heterocycles. The molecule has 0 aliphatic carbocycles. The molecule has 1 aromatic heterocycles. The Morgan fingerprint density at radius 3 is 2.59 bits per heavy atom. The lowest BCUT2D eigenvalue weighted by Crippen LogP contribution is -2.39. The van der Waals surface area contributed by atoms with Gasteiger partial charge in [0.1, 0.15) is 11.9 Å². The number of carbonyl (C=O) groups is 1. The molecule has 1 fully saturated rings. The third kappa shape index (κ3) is 6.46. The number of fused-ring (bicyclic) bond motifs is 1. The number of hydrogen-bond acceptors (Lipinski definition) is 6. The Balaban J connectivity index is 1.28. The zero-order valence-electron chi connectivity index (χ0n) is 20.6. The van der Waals surface area contributed by atoms with Gasteiger partial charge in [-0.2, -0.15) is 0 Å². The Morgan fingerprint density at radius 1 is 1.16 bits per heavy atom. The minimum Gasteiger partial charge on any atom is -0.489 e. The minimum absolute atomic E-state index is 0.0560. The Hall–Kier alpha value is -2.59. The molecule has 1 saturated heterocycles. The van der Waals surface area contributed by atoms with E-state index in [0.717, 1.165) is 50.7 Å². The van der Waals surface area contributed by atoms with Crippen LogP contribution in [0.5, 0.6) is 5.75 Å². The number of benzene rings is 2. The maximum absolute atomic E-state index is 12.8. The van der Waals surface area contributed by atoms with E-state index in [0.29, 0.717) is 27.7 Å². The molecule has 2 N–H and O–H groups in total. The molecule has 0 atom stereocenters. The monoisotopic (exact) mass is 565 g/mol. The summed E-state index contributed by atoms with van der Waals surface area (Å²) in [6.45, 7) is 4.88. The van der Waals surface area contributed by atoms with Gasteiger partial charge in [0.25, 0.3) is 11.5 Å². The number of ether oxygens (including phenoxy) is 1. The fourth-order valence-electron chi connectivity index (χ4n) is 4.41. The zero-order valence-corrected chi connectivity index (χ0v) is 23.0. The molecule has 0 bridgehead atoms. The van der Waals surface area contributed by atoms with E-state index < -0.39 is 9.84 Å². The zero-order chi connectivity index (χ0) is 26.7. The highest BCUT2D eigenvalue weighted by molar-refractivity contribution is 7.90. The average Bonchev–Trinajstić information content (AvgIpc) is 2.87. The van der Waals surface area contributed by atoms with Crippen LogP contribution >= 0.6 is 23.2 Å². The van der Waals surface area contributed by atoms with E-state index in [1.165, 1.54) is 24.4 Å². The molecule has 1 amide bonds. The second-order valence-electron chi connectivity index (χ2n) is 9.26. The number of hydrogen-bond donors (Lipinski definition) is 2. The molecular weight excluding hydrogens is 537 g/mol. The normalized spacial score (nSPS) is 15.1. The highest BCUT2D eigenvalue weighted by Crippen LogP contribution is 2.34. The molecule has 4 rings (SSSR count). The molecule has 3 aromatic rings. The van der Waals surface area contributed by atoms with Crippen LogP contribution in [0, 0.1) is 6.92 Å². The molecule has 0 spiro atoms. The first-order chi connectivity index (χ1) is 17.5. The van der Waals surface area contributed by atoms with Crippen molar-refractivity contribution in [2.45, 2.75) is 37.2 Å². The SMILES string of the molecule is Cc1c(Cl)ccc(OC2CCN(CCCNC(=O)c3c[nH]c(=O)c4ccc(S(C)(=O)=O)cc34)CC2)c1Cl. The smallest absolute Gasteiger partial charge is 0.255 e. The van der Waals surface area contributed by atoms with Gasteiger partial charge in [-0.15, -0.1) is 0 Å². The molecule has 2 heterocycles. The van der Waals surface area contributed by atoms with Crippen LogP contribution in [0.1, 0.15) is 35.2 Å². The first-order valence-electron chi connectivity index (χ1n) is 12.0. The Morgan fingerprint density at radius 2 is 1.89 bits per heavy atom. The summed E-state index contributed by atoms with van der Waals surface area (Å²) in [7, 11) is -3.48. The van der Waals surface area contributed by atoms with Crippen LogP contribution in [0.2, 0.25) is 10.0 Å². The summed E-state index contributed by atoms with van der Waals surface area (Å²) >= 11 is 12.5. The van der Waals surface area contributed by atoms with Crippen molar-refractivity contribution in [3.05, 3.63) is 68.1 Å². The van der Waals surface area contributed by atoms with Gasteiger partial charge in [0.15, 0.2) is 9.84 Å². The summed E-state index contributed by atoms with van der Waals surface area (Å²) in [6.07, 6.45) is 4.98. The average molecular weight is 567 g/mol. The topological polar surface area (TPSA) is 109 Å². The number of aromatic amines is 1. The number of nitrogens with one attached hydrogen (secondary N) is 2. The minimum atomic E-state index is -3.48. The second kappa shape index (κ2) is 11.4. The van der Waals surface area contributed by atoms with E-state index in [-0.39, 0.29) is 33.4 Å². The molecule has 0 radical (unpaired) electrons. The van der Waals surface area contributed by atoms with Crippen molar-refractivity contribution in [2.75, 3.05) is 32.4 Å². The quantitative estimate of drug-likeness (QED) is 0.396. The summed E-state index contributed by atoms with van der Waals surface area (Å²) in [5.74, 6) is 0.289. The summed E-state index contributed by atoms with van der Waals surface area (Å²) in [6, 6.07) is 7.77. The van der Waals surface area contributed by atoms with Crippen molar-refractivity contribution < 1.29 is 17.9 Å². The lowest BCUT2D eigenvalue weighted by molar-refractivity contribution is 0.0936. The van der Waals surface area contributed by atoms with Gasteiger partial charge in [0.2, 0.25) is 0 Å². The van der Waals surface area contributed by atoms with Crippen LogP contribution in [-0.4, -0.2) is 62.7 Å². The fraction of sp³-hybridized carbons (Fsp3) is 0.385. The van der Waals surface area contributed by atoms with Crippen LogP contribution < -0.4 is 15.6 Å². The van der Waals surface area contributed by atoms with Crippen molar-refractivity contribution in [3.63, 3.8) is 0 Å². The first-order valence-corrected chi connectivity index (χ1v) is 14.7. The lowest BCUT2D eigenvalue weighted by atomic mass is 10.1. The number of pyridine rings is 1. The van der Waals surface area contributed by atoms with Gasteiger partial charge in [-0.05, 0) is 68.6 Å². The van der Waals surface area contributed by atoms with Gasteiger partial charge in [0, 0.05) is 47.9 Å². The number of sulfone groups is 1. The Kier molecular flexibility index (Phi) is 8.48.